The SMILES string of the molecule is CCN1C(=O)/C(=C\c2cccc(OCCCOc3cccc(OC)c3)c2)SC1=S. The number of likely N-dealkylation sites (N-methyl/N-ethyl adjacent to an activating group) is 1. The number of hydrogen-bond acceptors (Lipinski definition) is 6. The molecule has 0 aromatic heterocycles. The van der Waals surface area contributed by atoms with E-state index < -0.39 is 0 Å². The van der Waals surface area contributed by atoms with Gasteiger partial charge in [0.25, 0.3) is 5.91 Å². The Bertz CT molecular complexity index is 913. The predicted molar refractivity (Wildman–Crippen MR) is 121 cm³/mol. The van der Waals surface area contributed by atoms with Crippen LogP contribution < -0.4 is 14.2 Å². The van der Waals surface area contributed by atoms with Crippen molar-refractivity contribution in [2.75, 3.05) is 26.9 Å². The number of ether oxygens (including phenoxy) is 3. The minimum Gasteiger partial charge on any atom is -0.497 e. The number of hydrogen-bond donors (Lipinski definition) is 0. The van der Waals surface area contributed by atoms with Crippen LogP contribution in [-0.2, 0) is 4.79 Å². The van der Waals surface area contributed by atoms with Gasteiger partial charge < -0.3 is 14.2 Å². The zero-order chi connectivity index (χ0) is 20.6. The van der Waals surface area contributed by atoms with E-state index in [1.165, 1.54) is 11.8 Å². The van der Waals surface area contributed by atoms with Gasteiger partial charge in [-0.05, 0) is 42.8 Å². The number of thiocarbonyl (C=S) groups is 1. The van der Waals surface area contributed by atoms with E-state index in [4.69, 9.17) is 26.4 Å². The molecule has 0 aliphatic carbocycles. The summed E-state index contributed by atoms with van der Waals surface area (Å²) in [6.45, 7) is 3.58. The van der Waals surface area contributed by atoms with E-state index >= 15 is 0 Å². The molecule has 7 heteroatoms. The van der Waals surface area contributed by atoms with Gasteiger partial charge in [0, 0.05) is 19.0 Å². The van der Waals surface area contributed by atoms with Crippen LogP contribution in [0.4, 0.5) is 0 Å². The zero-order valence-electron chi connectivity index (χ0n) is 16.4. The maximum atomic E-state index is 12.3. The molecule has 0 atom stereocenters. The maximum Gasteiger partial charge on any atom is 0.266 e. The van der Waals surface area contributed by atoms with Crippen LogP contribution in [0.1, 0.15) is 18.9 Å². The highest BCUT2D eigenvalue weighted by Gasteiger charge is 2.30. The van der Waals surface area contributed by atoms with Gasteiger partial charge >= 0.3 is 0 Å². The monoisotopic (exact) mass is 429 g/mol. The Labute approximate surface area is 180 Å². The highest BCUT2D eigenvalue weighted by atomic mass is 32.2. The number of thioether (sulfide) groups is 1. The van der Waals surface area contributed by atoms with Gasteiger partial charge in [0.1, 0.15) is 21.6 Å². The molecule has 1 saturated heterocycles. The van der Waals surface area contributed by atoms with Crippen LogP contribution in [0.15, 0.2) is 53.4 Å². The average Bonchev–Trinajstić information content (AvgIpc) is 3.00. The highest BCUT2D eigenvalue weighted by Crippen LogP contribution is 2.32. The van der Waals surface area contributed by atoms with Crippen LogP contribution in [-0.4, -0.2) is 42.0 Å². The lowest BCUT2D eigenvalue weighted by molar-refractivity contribution is -0.121. The van der Waals surface area contributed by atoms with Gasteiger partial charge in [-0.1, -0.05) is 42.2 Å². The highest BCUT2D eigenvalue weighted by molar-refractivity contribution is 8.26. The second-order valence-electron chi connectivity index (χ2n) is 6.23. The Hall–Kier alpha value is -2.51. The average molecular weight is 430 g/mol. The van der Waals surface area contributed by atoms with Gasteiger partial charge in [0.2, 0.25) is 0 Å². The van der Waals surface area contributed by atoms with E-state index in [0.29, 0.717) is 29.0 Å². The molecule has 1 amide bonds. The van der Waals surface area contributed by atoms with Crippen molar-refractivity contribution < 1.29 is 19.0 Å². The fraction of sp³-hybridized carbons (Fsp3) is 0.273. The number of carbonyl (C=O) groups excluding carboxylic acids is 1. The molecular formula is C22H23NO4S2. The molecule has 1 aliphatic heterocycles. The fourth-order valence-electron chi connectivity index (χ4n) is 2.75. The molecule has 1 aliphatic rings. The summed E-state index contributed by atoms with van der Waals surface area (Å²) in [4.78, 5) is 14.6. The molecule has 1 fully saturated rings. The zero-order valence-corrected chi connectivity index (χ0v) is 18.1. The first-order valence-corrected chi connectivity index (χ1v) is 10.6. The molecule has 0 bridgehead atoms. The first-order valence-electron chi connectivity index (χ1n) is 9.36. The molecule has 2 aromatic rings. The van der Waals surface area contributed by atoms with Gasteiger partial charge in [-0.2, -0.15) is 0 Å². The standard InChI is InChI=1S/C22H23NO4S2/c1-3-23-21(24)20(29-22(23)28)14-16-7-4-9-18(13-16)26-11-6-12-27-19-10-5-8-17(15-19)25-2/h4-5,7-10,13-15H,3,6,11-12H2,1-2H3/b20-14+. The van der Waals surface area contributed by atoms with Crippen LogP contribution in [0.3, 0.4) is 0 Å². The number of amides is 1. The van der Waals surface area contributed by atoms with Gasteiger partial charge in [0.15, 0.2) is 0 Å². The maximum absolute atomic E-state index is 12.3. The molecular weight excluding hydrogens is 406 g/mol. The normalized spacial score (nSPS) is 15.1. The molecule has 29 heavy (non-hydrogen) atoms. The van der Waals surface area contributed by atoms with Crippen molar-refractivity contribution in [1.82, 2.24) is 4.90 Å². The number of carbonyl (C=O) groups is 1. The predicted octanol–water partition coefficient (Wildman–Crippen LogP) is 4.76. The Morgan fingerprint density at radius 2 is 1.69 bits per heavy atom. The van der Waals surface area contributed by atoms with Gasteiger partial charge in [-0.25, -0.2) is 0 Å². The van der Waals surface area contributed by atoms with Crippen LogP contribution in [0.2, 0.25) is 0 Å². The Morgan fingerprint density at radius 1 is 1.03 bits per heavy atom. The summed E-state index contributed by atoms with van der Waals surface area (Å²) in [6.07, 6.45) is 2.60. The van der Waals surface area contributed by atoms with E-state index in [9.17, 15) is 4.79 Å². The van der Waals surface area contributed by atoms with Crippen molar-refractivity contribution in [1.29, 1.82) is 0 Å². The Kier molecular flexibility index (Phi) is 7.55. The van der Waals surface area contributed by atoms with Crippen LogP contribution in [0.25, 0.3) is 6.08 Å². The summed E-state index contributed by atoms with van der Waals surface area (Å²) in [7, 11) is 1.63. The molecule has 152 valence electrons. The first-order chi connectivity index (χ1) is 14.1. The summed E-state index contributed by atoms with van der Waals surface area (Å²) in [5.41, 5.74) is 0.909. The van der Waals surface area contributed by atoms with E-state index in [0.717, 1.165) is 29.2 Å². The topological polar surface area (TPSA) is 48.0 Å². The third-order valence-electron chi connectivity index (χ3n) is 4.21. The molecule has 0 N–H and O–H groups in total. The summed E-state index contributed by atoms with van der Waals surface area (Å²) in [6, 6.07) is 15.2. The first kappa shape index (κ1) is 21.2. The van der Waals surface area contributed by atoms with Crippen LogP contribution in [0, 0.1) is 0 Å². The van der Waals surface area contributed by atoms with Crippen molar-refractivity contribution in [2.24, 2.45) is 0 Å². The molecule has 0 unspecified atom stereocenters. The lowest BCUT2D eigenvalue weighted by Crippen LogP contribution is -2.27. The lowest BCUT2D eigenvalue weighted by atomic mass is 10.2. The Balaban J connectivity index is 1.49. The van der Waals surface area contributed by atoms with E-state index in [-0.39, 0.29) is 5.91 Å². The molecule has 0 radical (unpaired) electrons. The van der Waals surface area contributed by atoms with Crippen molar-refractivity contribution in [3.8, 4) is 17.2 Å². The number of benzene rings is 2. The Morgan fingerprint density at radius 3 is 2.34 bits per heavy atom. The van der Waals surface area contributed by atoms with Crippen LogP contribution >= 0.6 is 24.0 Å². The summed E-state index contributed by atoms with van der Waals surface area (Å²) >= 11 is 6.59. The second-order valence-corrected chi connectivity index (χ2v) is 7.90. The molecule has 5 nitrogen and oxygen atoms in total. The number of methoxy groups -OCH3 is 1. The minimum atomic E-state index is -0.0384. The molecule has 3 rings (SSSR count). The van der Waals surface area contributed by atoms with Crippen molar-refractivity contribution in [2.45, 2.75) is 13.3 Å². The largest absolute Gasteiger partial charge is 0.497 e. The van der Waals surface area contributed by atoms with Gasteiger partial charge in [0.05, 0.1) is 25.2 Å². The van der Waals surface area contributed by atoms with E-state index in [2.05, 4.69) is 0 Å². The summed E-state index contributed by atoms with van der Waals surface area (Å²) in [5.74, 6) is 2.26. The molecule has 0 spiro atoms. The molecule has 1 heterocycles. The fourth-order valence-corrected chi connectivity index (χ4v) is 4.13. The van der Waals surface area contributed by atoms with Crippen molar-refractivity contribution >= 4 is 40.3 Å². The third-order valence-corrected chi connectivity index (χ3v) is 5.59. The number of nitrogens with zero attached hydrogens (tertiary/aromatic N) is 1. The third kappa shape index (κ3) is 5.74. The van der Waals surface area contributed by atoms with Gasteiger partial charge in [-0.3, -0.25) is 9.69 Å². The van der Waals surface area contributed by atoms with Crippen molar-refractivity contribution in [3.63, 3.8) is 0 Å². The summed E-state index contributed by atoms with van der Waals surface area (Å²) in [5, 5.41) is 0. The van der Waals surface area contributed by atoms with E-state index in [1.54, 1.807) is 12.0 Å². The minimum absolute atomic E-state index is 0.0384. The van der Waals surface area contributed by atoms with E-state index in [1.807, 2.05) is 61.5 Å². The smallest absolute Gasteiger partial charge is 0.266 e. The van der Waals surface area contributed by atoms with Crippen LogP contribution in [0.5, 0.6) is 17.2 Å². The quantitative estimate of drug-likeness (QED) is 0.325. The van der Waals surface area contributed by atoms with Crippen molar-refractivity contribution in [3.05, 3.63) is 59.0 Å². The van der Waals surface area contributed by atoms with Gasteiger partial charge in [-0.15, -0.1) is 0 Å². The molecule has 0 saturated carbocycles. The number of rotatable bonds is 9. The summed E-state index contributed by atoms with van der Waals surface area (Å²) < 4.78 is 17.3. The second kappa shape index (κ2) is 10.3. The molecule has 2 aromatic carbocycles. The lowest BCUT2D eigenvalue weighted by Gasteiger charge is -2.10.